The van der Waals surface area contributed by atoms with Gasteiger partial charge in [-0.3, -0.25) is 14.2 Å². The Labute approximate surface area is 190 Å². The number of ether oxygens (including phenoxy) is 1. The first kappa shape index (κ1) is 22.0. The van der Waals surface area contributed by atoms with Crippen LogP contribution in [0.5, 0.6) is 0 Å². The minimum Gasteiger partial charge on any atom is -0.383 e. The van der Waals surface area contributed by atoms with Crippen molar-refractivity contribution in [3.05, 3.63) is 56.7 Å². The van der Waals surface area contributed by atoms with Crippen LogP contribution in [-0.2, 0) is 35.5 Å². The topological polar surface area (TPSA) is 64.4 Å². The normalized spacial score (nSPS) is 13.4. The molecule has 0 radical (unpaired) electrons. The van der Waals surface area contributed by atoms with Crippen molar-refractivity contribution < 1.29 is 9.53 Å². The molecule has 1 aromatic carbocycles. The molecule has 1 amide bonds. The fourth-order valence-electron chi connectivity index (χ4n) is 3.89. The summed E-state index contributed by atoms with van der Waals surface area (Å²) in [7, 11) is 3.43. The average Bonchev–Trinajstić information content (AvgIpc) is 3.16. The number of thioether (sulfide) groups is 1. The Bertz CT molecular complexity index is 1120. The van der Waals surface area contributed by atoms with Gasteiger partial charge in [-0.2, -0.15) is 0 Å². The molecule has 0 fully saturated rings. The van der Waals surface area contributed by atoms with Crippen LogP contribution in [0, 0.1) is 0 Å². The lowest BCUT2D eigenvalue weighted by Crippen LogP contribution is -2.29. The Morgan fingerprint density at radius 1 is 1.26 bits per heavy atom. The number of methoxy groups -OCH3 is 1. The number of rotatable bonds is 8. The number of carbonyl (C=O) groups excluding carboxylic acids is 1. The van der Waals surface area contributed by atoms with Crippen LogP contribution >= 0.6 is 23.1 Å². The lowest BCUT2D eigenvalue weighted by atomic mass is 9.97. The van der Waals surface area contributed by atoms with Crippen molar-refractivity contribution in [3.63, 3.8) is 0 Å². The molecule has 0 spiro atoms. The second kappa shape index (κ2) is 9.97. The summed E-state index contributed by atoms with van der Waals surface area (Å²) in [5, 5.41) is 1.36. The summed E-state index contributed by atoms with van der Waals surface area (Å²) in [6.07, 6.45) is 4.27. The Morgan fingerprint density at radius 3 is 2.81 bits per heavy atom. The molecule has 8 heteroatoms. The SMILES string of the molecule is COCCn1c(SCC(=O)N(C)Cc2ccccc2)nc2sc3c(c2c1=O)CCCC3. The molecule has 1 aliphatic rings. The van der Waals surface area contributed by atoms with Crippen LogP contribution < -0.4 is 5.56 Å². The molecule has 3 aromatic rings. The zero-order valence-corrected chi connectivity index (χ0v) is 19.6. The molecule has 4 rings (SSSR count). The molecule has 0 atom stereocenters. The molecule has 0 unspecified atom stereocenters. The third kappa shape index (κ3) is 4.86. The van der Waals surface area contributed by atoms with Crippen molar-refractivity contribution in [1.82, 2.24) is 14.5 Å². The summed E-state index contributed by atoms with van der Waals surface area (Å²) < 4.78 is 6.91. The molecular formula is C23H27N3O3S2. The van der Waals surface area contributed by atoms with Crippen LogP contribution in [-0.4, -0.2) is 46.9 Å². The van der Waals surface area contributed by atoms with Crippen molar-refractivity contribution in [2.24, 2.45) is 0 Å². The minimum absolute atomic E-state index is 0.00552. The highest BCUT2D eigenvalue weighted by atomic mass is 32.2. The van der Waals surface area contributed by atoms with E-state index in [9.17, 15) is 9.59 Å². The number of benzene rings is 1. The van der Waals surface area contributed by atoms with Crippen LogP contribution in [0.4, 0.5) is 0 Å². The number of thiophene rings is 1. The van der Waals surface area contributed by atoms with Crippen molar-refractivity contribution in [2.45, 2.75) is 43.9 Å². The molecular weight excluding hydrogens is 430 g/mol. The lowest BCUT2D eigenvalue weighted by molar-refractivity contribution is -0.127. The van der Waals surface area contributed by atoms with E-state index in [-0.39, 0.29) is 17.2 Å². The van der Waals surface area contributed by atoms with Crippen molar-refractivity contribution in [1.29, 1.82) is 0 Å². The quantitative estimate of drug-likeness (QED) is 0.381. The molecule has 0 saturated heterocycles. The third-order valence-electron chi connectivity index (χ3n) is 5.57. The van der Waals surface area contributed by atoms with Gasteiger partial charge in [-0.15, -0.1) is 11.3 Å². The number of fused-ring (bicyclic) bond motifs is 3. The van der Waals surface area contributed by atoms with Crippen molar-refractivity contribution in [2.75, 3.05) is 26.5 Å². The zero-order chi connectivity index (χ0) is 21.8. The van der Waals surface area contributed by atoms with Gasteiger partial charge >= 0.3 is 0 Å². The fourth-order valence-corrected chi connectivity index (χ4v) is 6.16. The lowest BCUT2D eigenvalue weighted by Gasteiger charge is -2.18. The number of hydrogen-bond acceptors (Lipinski definition) is 6. The van der Waals surface area contributed by atoms with Gasteiger partial charge in [-0.05, 0) is 36.8 Å². The van der Waals surface area contributed by atoms with E-state index in [0.29, 0.717) is 24.9 Å². The van der Waals surface area contributed by atoms with Crippen LogP contribution in [0.15, 0.2) is 40.3 Å². The third-order valence-corrected chi connectivity index (χ3v) is 7.72. The molecule has 2 aromatic heterocycles. The number of aryl methyl sites for hydroxylation is 2. The molecule has 164 valence electrons. The van der Waals surface area contributed by atoms with Gasteiger partial charge in [-0.25, -0.2) is 4.98 Å². The van der Waals surface area contributed by atoms with Crippen LogP contribution in [0.25, 0.3) is 10.2 Å². The van der Waals surface area contributed by atoms with Gasteiger partial charge in [0.15, 0.2) is 5.16 Å². The van der Waals surface area contributed by atoms with Crippen molar-refractivity contribution >= 4 is 39.2 Å². The van der Waals surface area contributed by atoms with E-state index in [4.69, 9.17) is 9.72 Å². The van der Waals surface area contributed by atoms with Gasteiger partial charge in [0.25, 0.3) is 5.56 Å². The van der Waals surface area contributed by atoms with Gasteiger partial charge in [0.2, 0.25) is 5.91 Å². The van der Waals surface area contributed by atoms with E-state index in [2.05, 4.69) is 0 Å². The molecule has 6 nitrogen and oxygen atoms in total. The predicted molar refractivity (Wildman–Crippen MR) is 126 cm³/mol. The molecule has 0 N–H and O–H groups in total. The maximum absolute atomic E-state index is 13.4. The summed E-state index contributed by atoms with van der Waals surface area (Å²) >= 11 is 2.97. The monoisotopic (exact) mass is 457 g/mol. The van der Waals surface area contributed by atoms with Gasteiger partial charge in [0.1, 0.15) is 4.83 Å². The molecule has 0 aliphatic heterocycles. The standard InChI is InChI=1S/C23H27N3O3S2/c1-25(14-16-8-4-3-5-9-16)19(27)15-30-23-24-21-20(22(28)26(23)12-13-29-2)17-10-6-7-11-18(17)31-21/h3-5,8-9H,6-7,10-15H2,1-2H3. The highest BCUT2D eigenvalue weighted by Gasteiger charge is 2.23. The molecule has 2 heterocycles. The zero-order valence-electron chi connectivity index (χ0n) is 17.9. The van der Waals surface area contributed by atoms with Gasteiger partial charge < -0.3 is 9.64 Å². The molecule has 0 bridgehead atoms. The second-order valence-electron chi connectivity index (χ2n) is 7.76. The van der Waals surface area contributed by atoms with Crippen molar-refractivity contribution in [3.8, 4) is 0 Å². The number of amides is 1. The van der Waals surface area contributed by atoms with E-state index in [1.165, 1.54) is 28.6 Å². The molecule has 0 saturated carbocycles. The number of hydrogen-bond donors (Lipinski definition) is 0. The highest BCUT2D eigenvalue weighted by molar-refractivity contribution is 7.99. The van der Waals surface area contributed by atoms with Crippen LogP contribution in [0.3, 0.4) is 0 Å². The predicted octanol–water partition coefficient (Wildman–Crippen LogP) is 3.73. The maximum Gasteiger partial charge on any atom is 0.263 e. The van der Waals surface area contributed by atoms with Gasteiger partial charge in [-0.1, -0.05) is 42.1 Å². The maximum atomic E-state index is 13.4. The van der Waals surface area contributed by atoms with E-state index >= 15 is 0 Å². The smallest absolute Gasteiger partial charge is 0.263 e. The van der Waals surface area contributed by atoms with Crippen LogP contribution in [0.1, 0.15) is 28.8 Å². The van der Waals surface area contributed by atoms with Gasteiger partial charge in [0, 0.05) is 25.6 Å². The van der Waals surface area contributed by atoms with Gasteiger partial charge in [0.05, 0.1) is 24.3 Å². The largest absolute Gasteiger partial charge is 0.383 e. The average molecular weight is 458 g/mol. The Hall–Kier alpha value is -2.16. The van der Waals surface area contributed by atoms with E-state index in [0.717, 1.165) is 35.0 Å². The van der Waals surface area contributed by atoms with E-state index in [1.807, 2.05) is 30.3 Å². The first-order chi connectivity index (χ1) is 15.1. The fraction of sp³-hybridized carbons (Fsp3) is 0.435. The summed E-state index contributed by atoms with van der Waals surface area (Å²) in [5.74, 6) is 0.242. The molecule has 1 aliphatic carbocycles. The summed E-state index contributed by atoms with van der Waals surface area (Å²) in [6, 6.07) is 9.92. The first-order valence-electron chi connectivity index (χ1n) is 10.5. The number of carbonyl (C=O) groups is 1. The molecule has 31 heavy (non-hydrogen) atoms. The Kier molecular flexibility index (Phi) is 7.09. The van der Waals surface area contributed by atoms with E-state index < -0.39 is 0 Å². The highest BCUT2D eigenvalue weighted by Crippen LogP contribution is 2.34. The summed E-state index contributed by atoms with van der Waals surface area (Å²) in [5.41, 5.74) is 2.27. The second-order valence-corrected chi connectivity index (χ2v) is 9.79. The number of aromatic nitrogens is 2. The van der Waals surface area contributed by atoms with E-state index in [1.54, 1.807) is 35.0 Å². The summed E-state index contributed by atoms with van der Waals surface area (Å²) in [6.45, 7) is 1.41. The number of nitrogens with zero attached hydrogens (tertiary/aromatic N) is 3. The Morgan fingerprint density at radius 2 is 2.03 bits per heavy atom. The van der Waals surface area contributed by atoms with Crippen LogP contribution in [0.2, 0.25) is 0 Å². The minimum atomic E-state index is -0.00552. The Balaban J connectivity index is 1.57. The first-order valence-corrected chi connectivity index (χ1v) is 12.3. The summed E-state index contributed by atoms with van der Waals surface area (Å²) in [4.78, 5) is 34.7.